The number of rotatable bonds is 4. The lowest BCUT2D eigenvalue weighted by atomic mass is 10.1. The minimum atomic E-state index is -0.0686. The van der Waals surface area contributed by atoms with E-state index < -0.39 is 0 Å². The van der Waals surface area contributed by atoms with E-state index in [-0.39, 0.29) is 11.8 Å². The molecule has 2 aromatic rings. The van der Waals surface area contributed by atoms with Crippen molar-refractivity contribution in [1.82, 2.24) is 0 Å². The summed E-state index contributed by atoms with van der Waals surface area (Å²) in [6.07, 6.45) is 0. The lowest BCUT2D eigenvalue weighted by Gasteiger charge is -2.21. The number of halogens is 1. The standard InChI is InChI=1S/C18H20ClNO3S/c1-11-8-13(3)17(9-12(11)2)23-10-14-15(19)6-5-7-16(14)20(21)18(24)22-4/h5-9,21H,10H2,1-4H3. The van der Waals surface area contributed by atoms with Crippen LogP contribution in [0.1, 0.15) is 22.3 Å². The van der Waals surface area contributed by atoms with E-state index in [1.54, 1.807) is 18.2 Å². The summed E-state index contributed by atoms with van der Waals surface area (Å²) in [4.78, 5) is 0. The third-order valence-corrected chi connectivity index (χ3v) is 4.53. The first-order chi connectivity index (χ1) is 11.3. The number of aryl methyl sites for hydroxylation is 3. The Morgan fingerprint density at radius 2 is 1.83 bits per heavy atom. The molecule has 2 rings (SSSR count). The highest BCUT2D eigenvalue weighted by Crippen LogP contribution is 2.30. The number of anilines is 1. The Morgan fingerprint density at radius 1 is 1.17 bits per heavy atom. The molecule has 0 radical (unpaired) electrons. The summed E-state index contributed by atoms with van der Waals surface area (Å²) in [6.45, 7) is 6.29. The van der Waals surface area contributed by atoms with Crippen LogP contribution >= 0.6 is 23.8 Å². The number of methoxy groups -OCH3 is 1. The highest BCUT2D eigenvalue weighted by Gasteiger charge is 2.17. The minimum Gasteiger partial charge on any atom is -0.488 e. The van der Waals surface area contributed by atoms with Crippen molar-refractivity contribution in [2.75, 3.05) is 12.2 Å². The molecule has 0 aliphatic heterocycles. The Morgan fingerprint density at radius 3 is 2.50 bits per heavy atom. The number of ether oxygens (including phenoxy) is 2. The molecule has 0 saturated heterocycles. The molecule has 0 saturated carbocycles. The first-order valence-corrected chi connectivity index (χ1v) is 8.18. The molecule has 0 aromatic heterocycles. The lowest BCUT2D eigenvalue weighted by Crippen LogP contribution is -2.27. The zero-order valence-electron chi connectivity index (χ0n) is 14.1. The van der Waals surface area contributed by atoms with Crippen molar-refractivity contribution in [3.8, 4) is 5.75 Å². The zero-order chi connectivity index (χ0) is 17.9. The van der Waals surface area contributed by atoms with Gasteiger partial charge in [0.15, 0.2) is 0 Å². The normalized spacial score (nSPS) is 10.4. The molecule has 0 unspecified atom stereocenters. The van der Waals surface area contributed by atoms with E-state index in [9.17, 15) is 5.21 Å². The molecule has 0 fully saturated rings. The van der Waals surface area contributed by atoms with Crippen molar-refractivity contribution in [2.24, 2.45) is 0 Å². The third-order valence-electron chi connectivity index (χ3n) is 3.83. The summed E-state index contributed by atoms with van der Waals surface area (Å²) in [7, 11) is 1.39. The minimum absolute atomic E-state index is 0.0686. The molecule has 0 heterocycles. The van der Waals surface area contributed by atoms with Crippen molar-refractivity contribution in [1.29, 1.82) is 0 Å². The van der Waals surface area contributed by atoms with Gasteiger partial charge in [-0.1, -0.05) is 23.7 Å². The molecule has 2 aromatic carbocycles. The van der Waals surface area contributed by atoms with E-state index in [0.717, 1.165) is 21.9 Å². The molecule has 1 N–H and O–H groups in total. The molecule has 4 nitrogen and oxygen atoms in total. The van der Waals surface area contributed by atoms with Gasteiger partial charge in [0.2, 0.25) is 0 Å². The van der Waals surface area contributed by atoms with Crippen LogP contribution in [0.4, 0.5) is 5.69 Å². The maximum atomic E-state index is 10.2. The average Bonchev–Trinajstić information content (AvgIpc) is 2.56. The monoisotopic (exact) mass is 365 g/mol. The molecular weight excluding hydrogens is 346 g/mol. The van der Waals surface area contributed by atoms with E-state index in [1.807, 2.05) is 19.9 Å². The van der Waals surface area contributed by atoms with Crippen LogP contribution in [0.25, 0.3) is 0 Å². The molecule has 0 aliphatic carbocycles. The zero-order valence-corrected chi connectivity index (χ0v) is 15.7. The molecule has 0 aliphatic rings. The van der Waals surface area contributed by atoms with Crippen molar-refractivity contribution >= 4 is 34.7 Å². The topological polar surface area (TPSA) is 41.9 Å². The summed E-state index contributed by atoms with van der Waals surface area (Å²) in [5.41, 5.74) is 4.46. The third kappa shape index (κ3) is 3.98. The highest BCUT2D eigenvalue weighted by molar-refractivity contribution is 7.80. The van der Waals surface area contributed by atoms with E-state index in [0.29, 0.717) is 16.3 Å². The molecular formula is C18H20ClNO3S. The van der Waals surface area contributed by atoms with Gasteiger partial charge in [0.05, 0.1) is 12.8 Å². The fraction of sp³-hybridized carbons (Fsp3) is 0.278. The second-order valence-corrected chi connectivity index (χ2v) is 6.27. The van der Waals surface area contributed by atoms with Gasteiger partial charge >= 0.3 is 0 Å². The quantitative estimate of drug-likeness (QED) is 0.612. The summed E-state index contributed by atoms with van der Waals surface area (Å²) in [5, 5.41) is 11.4. The van der Waals surface area contributed by atoms with Gasteiger partial charge in [-0.2, -0.15) is 5.06 Å². The number of hydrogen-bond donors (Lipinski definition) is 1. The van der Waals surface area contributed by atoms with Crippen molar-refractivity contribution in [3.63, 3.8) is 0 Å². The fourth-order valence-electron chi connectivity index (χ4n) is 2.31. The van der Waals surface area contributed by atoms with Crippen LogP contribution in [0.15, 0.2) is 30.3 Å². The van der Waals surface area contributed by atoms with Crippen LogP contribution in [-0.4, -0.2) is 17.5 Å². The molecule has 0 atom stereocenters. The number of hydroxylamine groups is 1. The second kappa shape index (κ2) is 7.83. The lowest BCUT2D eigenvalue weighted by molar-refractivity contribution is 0.264. The van der Waals surface area contributed by atoms with Crippen LogP contribution in [0, 0.1) is 20.8 Å². The van der Waals surface area contributed by atoms with Crippen molar-refractivity contribution < 1.29 is 14.7 Å². The molecule has 24 heavy (non-hydrogen) atoms. The van der Waals surface area contributed by atoms with Crippen LogP contribution in [0.5, 0.6) is 5.75 Å². The second-order valence-electron chi connectivity index (χ2n) is 5.51. The largest absolute Gasteiger partial charge is 0.488 e. The van der Waals surface area contributed by atoms with Gasteiger partial charge in [0.25, 0.3) is 5.17 Å². The maximum absolute atomic E-state index is 10.2. The Hall–Kier alpha value is -1.82. The first kappa shape index (κ1) is 18.5. The number of benzene rings is 2. The van der Waals surface area contributed by atoms with Gasteiger partial charge in [-0.3, -0.25) is 5.21 Å². The van der Waals surface area contributed by atoms with Gasteiger partial charge in [0, 0.05) is 10.6 Å². The molecule has 0 bridgehead atoms. The van der Waals surface area contributed by atoms with Crippen LogP contribution in [-0.2, 0) is 11.3 Å². The Labute approximate surface area is 152 Å². The van der Waals surface area contributed by atoms with Crippen molar-refractivity contribution in [2.45, 2.75) is 27.4 Å². The average molecular weight is 366 g/mol. The summed E-state index contributed by atoms with van der Waals surface area (Å²) in [6, 6.07) is 9.24. The van der Waals surface area contributed by atoms with Gasteiger partial charge in [-0.25, -0.2) is 0 Å². The molecule has 0 spiro atoms. The van der Waals surface area contributed by atoms with Gasteiger partial charge < -0.3 is 9.47 Å². The van der Waals surface area contributed by atoms with Gasteiger partial charge in [-0.05, 0) is 67.9 Å². The Balaban J connectivity index is 2.30. The van der Waals surface area contributed by atoms with E-state index in [1.165, 1.54) is 12.7 Å². The van der Waals surface area contributed by atoms with Crippen LogP contribution < -0.4 is 9.80 Å². The number of hydrogen-bond acceptors (Lipinski definition) is 4. The van der Waals surface area contributed by atoms with E-state index >= 15 is 0 Å². The summed E-state index contributed by atoms with van der Waals surface area (Å²) >= 11 is 11.2. The Kier molecular flexibility index (Phi) is 6.04. The predicted molar refractivity (Wildman–Crippen MR) is 100 cm³/mol. The Bertz CT molecular complexity index is 764. The smallest absolute Gasteiger partial charge is 0.288 e. The van der Waals surface area contributed by atoms with Crippen LogP contribution in [0.3, 0.4) is 0 Å². The predicted octanol–water partition coefficient (Wildman–Crippen LogP) is 4.97. The van der Waals surface area contributed by atoms with Gasteiger partial charge in [0.1, 0.15) is 12.4 Å². The maximum Gasteiger partial charge on any atom is 0.288 e. The first-order valence-electron chi connectivity index (χ1n) is 7.40. The van der Waals surface area contributed by atoms with E-state index in [4.69, 9.17) is 33.3 Å². The fourth-order valence-corrected chi connectivity index (χ4v) is 2.64. The van der Waals surface area contributed by atoms with Gasteiger partial charge in [-0.15, -0.1) is 0 Å². The summed E-state index contributed by atoms with van der Waals surface area (Å²) < 4.78 is 10.8. The van der Waals surface area contributed by atoms with Crippen molar-refractivity contribution in [3.05, 3.63) is 57.6 Å². The summed E-state index contributed by atoms with van der Waals surface area (Å²) in [5.74, 6) is 0.780. The molecule has 6 heteroatoms. The molecule has 0 amide bonds. The van der Waals surface area contributed by atoms with E-state index in [2.05, 4.69) is 13.0 Å². The SMILES string of the molecule is COC(=S)N(O)c1cccc(Cl)c1COc1cc(C)c(C)cc1C. The van der Waals surface area contributed by atoms with Crippen LogP contribution in [0.2, 0.25) is 5.02 Å². The number of nitrogens with zero attached hydrogens (tertiary/aromatic N) is 1. The molecule has 128 valence electrons. The number of thiocarbonyl (C=S) groups is 1. The highest BCUT2D eigenvalue weighted by atomic mass is 35.5.